The SMILES string of the molecule is C[C@@H]1CCCCN1c1cc(C(F)(F)F)nc(NC(=S)NCc2ccc(N3CCCC3)cc2)n1. The summed E-state index contributed by atoms with van der Waals surface area (Å²) >= 11 is 5.30. The molecular weight excluding hydrogens is 449 g/mol. The van der Waals surface area contributed by atoms with Crippen molar-refractivity contribution < 1.29 is 13.2 Å². The number of hydrogen-bond acceptors (Lipinski definition) is 5. The van der Waals surface area contributed by atoms with E-state index in [2.05, 4.69) is 37.6 Å². The van der Waals surface area contributed by atoms with Crippen LogP contribution in [-0.4, -0.2) is 40.8 Å². The van der Waals surface area contributed by atoms with Crippen LogP contribution in [0.5, 0.6) is 0 Å². The molecule has 10 heteroatoms. The fourth-order valence-electron chi connectivity index (χ4n) is 4.35. The Morgan fingerprint density at radius 1 is 1.06 bits per heavy atom. The Labute approximate surface area is 197 Å². The van der Waals surface area contributed by atoms with E-state index in [1.165, 1.54) is 18.5 Å². The summed E-state index contributed by atoms with van der Waals surface area (Å²) in [7, 11) is 0. The lowest BCUT2D eigenvalue weighted by molar-refractivity contribution is -0.141. The summed E-state index contributed by atoms with van der Waals surface area (Å²) in [5, 5.41) is 5.95. The van der Waals surface area contributed by atoms with Crippen molar-refractivity contribution in [3.05, 3.63) is 41.6 Å². The van der Waals surface area contributed by atoms with Gasteiger partial charge < -0.3 is 20.4 Å². The Kier molecular flexibility index (Phi) is 7.21. The van der Waals surface area contributed by atoms with Crippen LogP contribution >= 0.6 is 12.2 Å². The topological polar surface area (TPSA) is 56.3 Å². The molecule has 0 aliphatic carbocycles. The highest BCUT2D eigenvalue weighted by Gasteiger charge is 2.35. The predicted octanol–water partition coefficient (Wildman–Crippen LogP) is 4.96. The number of nitrogens with one attached hydrogen (secondary N) is 2. The van der Waals surface area contributed by atoms with Gasteiger partial charge in [0, 0.05) is 44.0 Å². The average Bonchev–Trinajstić information content (AvgIpc) is 3.32. The largest absolute Gasteiger partial charge is 0.433 e. The number of piperidine rings is 1. The van der Waals surface area contributed by atoms with E-state index in [0.29, 0.717) is 13.1 Å². The molecule has 0 radical (unpaired) electrons. The van der Waals surface area contributed by atoms with E-state index in [-0.39, 0.29) is 22.9 Å². The minimum Gasteiger partial charge on any atom is -0.372 e. The summed E-state index contributed by atoms with van der Waals surface area (Å²) in [5.41, 5.74) is 1.25. The molecule has 1 aromatic carbocycles. The van der Waals surface area contributed by atoms with E-state index in [1.807, 2.05) is 24.0 Å². The quantitative estimate of drug-likeness (QED) is 0.589. The molecule has 2 N–H and O–H groups in total. The highest BCUT2D eigenvalue weighted by atomic mass is 32.1. The molecule has 0 spiro atoms. The number of aromatic nitrogens is 2. The third-order valence-electron chi connectivity index (χ3n) is 6.19. The van der Waals surface area contributed by atoms with Crippen molar-refractivity contribution in [1.82, 2.24) is 15.3 Å². The van der Waals surface area contributed by atoms with E-state index in [9.17, 15) is 13.2 Å². The molecule has 1 atom stereocenters. The van der Waals surface area contributed by atoms with Crippen molar-refractivity contribution in [2.24, 2.45) is 0 Å². The lowest BCUT2D eigenvalue weighted by atomic mass is 10.0. The lowest BCUT2D eigenvalue weighted by Gasteiger charge is -2.34. The lowest BCUT2D eigenvalue weighted by Crippen LogP contribution is -2.38. The van der Waals surface area contributed by atoms with Crippen LogP contribution in [0.25, 0.3) is 0 Å². The normalized spacial score (nSPS) is 19.0. The van der Waals surface area contributed by atoms with E-state index >= 15 is 0 Å². The minimum absolute atomic E-state index is 0.121. The second-order valence-corrected chi connectivity index (χ2v) is 9.05. The molecule has 0 saturated carbocycles. The van der Waals surface area contributed by atoms with Gasteiger partial charge in [-0.3, -0.25) is 0 Å². The van der Waals surface area contributed by atoms with Gasteiger partial charge in [0.25, 0.3) is 0 Å². The van der Waals surface area contributed by atoms with Crippen LogP contribution in [0.15, 0.2) is 30.3 Å². The van der Waals surface area contributed by atoms with E-state index in [4.69, 9.17) is 12.2 Å². The molecule has 2 aromatic rings. The number of halogens is 3. The van der Waals surface area contributed by atoms with E-state index < -0.39 is 11.9 Å². The Balaban J connectivity index is 1.41. The first kappa shape index (κ1) is 23.5. The number of anilines is 3. The van der Waals surface area contributed by atoms with E-state index in [0.717, 1.165) is 44.0 Å². The van der Waals surface area contributed by atoms with Crippen molar-refractivity contribution in [2.75, 3.05) is 34.8 Å². The molecule has 3 heterocycles. The molecular formula is C23H29F3N6S. The van der Waals surface area contributed by atoms with Gasteiger partial charge in [-0.15, -0.1) is 0 Å². The third-order valence-corrected chi connectivity index (χ3v) is 6.43. The molecule has 0 bridgehead atoms. The number of hydrogen-bond donors (Lipinski definition) is 2. The Morgan fingerprint density at radius 2 is 1.76 bits per heavy atom. The molecule has 1 aromatic heterocycles. The molecule has 33 heavy (non-hydrogen) atoms. The van der Waals surface area contributed by atoms with Crippen LogP contribution in [0, 0.1) is 0 Å². The number of alkyl halides is 3. The molecule has 2 saturated heterocycles. The Hall–Kier alpha value is -2.62. The van der Waals surface area contributed by atoms with Gasteiger partial charge in [-0.1, -0.05) is 12.1 Å². The van der Waals surface area contributed by atoms with Gasteiger partial charge in [-0.05, 0) is 68.9 Å². The maximum absolute atomic E-state index is 13.5. The summed E-state index contributed by atoms with van der Waals surface area (Å²) in [6.45, 7) is 5.29. The summed E-state index contributed by atoms with van der Waals surface area (Å²) in [6, 6.07) is 9.36. The fourth-order valence-corrected chi connectivity index (χ4v) is 4.51. The van der Waals surface area contributed by atoms with Crippen molar-refractivity contribution in [3.8, 4) is 0 Å². The van der Waals surface area contributed by atoms with E-state index in [1.54, 1.807) is 0 Å². The summed E-state index contributed by atoms with van der Waals surface area (Å²) in [5.74, 6) is 0.117. The zero-order valence-electron chi connectivity index (χ0n) is 18.7. The Bertz CT molecular complexity index is 960. The maximum atomic E-state index is 13.5. The first-order valence-corrected chi connectivity index (χ1v) is 11.8. The molecule has 178 valence electrons. The summed E-state index contributed by atoms with van der Waals surface area (Å²) in [4.78, 5) is 12.3. The smallest absolute Gasteiger partial charge is 0.372 e. The van der Waals surface area contributed by atoms with Gasteiger partial charge in [0.05, 0.1) is 0 Å². The monoisotopic (exact) mass is 478 g/mol. The zero-order chi connectivity index (χ0) is 23.4. The first-order chi connectivity index (χ1) is 15.8. The van der Waals surface area contributed by atoms with Crippen LogP contribution in [0.4, 0.5) is 30.6 Å². The molecule has 0 amide bonds. The van der Waals surface area contributed by atoms with Crippen LogP contribution in [0.1, 0.15) is 50.3 Å². The Morgan fingerprint density at radius 3 is 2.42 bits per heavy atom. The number of rotatable bonds is 5. The van der Waals surface area contributed by atoms with Gasteiger partial charge in [0.1, 0.15) is 5.82 Å². The van der Waals surface area contributed by atoms with Crippen LogP contribution in [-0.2, 0) is 12.7 Å². The number of nitrogens with zero attached hydrogens (tertiary/aromatic N) is 4. The molecule has 0 unspecified atom stereocenters. The van der Waals surface area contributed by atoms with Crippen molar-refractivity contribution in [1.29, 1.82) is 0 Å². The van der Waals surface area contributed by atoms with Crippen molar-refractivity contribution in [2.45, 2.75) is 57.8 Å². The van der Waals surface area contributed by atoms with Gasteiger partial charge in [0.2, 0.25) is 5.95 Å². The van der Waals surface area contributed by atoms with Gasteiger partial charge in [-0.2, -0.15) is 18.2 Å². The maximum Gasteiger partial charge on any atom is 0.433 e. The fraction of sp³-hybridized carbons (Fsp3) is 0.522. The number of thiocarbonyl (C=S) groups is 1. The molecule has 2 aliphatic heterocycles. The highest BCUT2D eigenvalue weighted by Crippen LogP contribution is 2.32. The van der Waals surface area contributed by atoms with Gasteiger partial charge >= 0.3 is 6.18 Å². The van der Waals surface area contributed by atoms with Crippen molar-refractivity contribution >= 4 is 34.8 Å². The highest BCUT2D eigenvalue weighted by molar-refractivity contribution is 7.80. The second-order valence-electron chi connectivity index (χ2n) is 8.64. The van der Waals surface area contributed by atoms with Crippen LogP contribution < -0.4 is 20.4 Å². The second kappa shape index (κ2) is 10.1. The molecule has 2 aliphatic rings. The van der Waals surface area contributed by atoms with Gasteiger partial charge in [0.15, 0.2) is 10.8 Å². The van der Waals surface area contributed by atoms with Crippen LogP contribution in [0.2, 0.25) is 0 Å². The van der Waals surface area contributed by atoms with Gasteiger partial charge in [-0.25, -0.2) is 4.98 Å². The standard InChI is InChI=1S/C23H29F3N6S/c1-16-6-2-3-13-32(16)20-14-19(23(24,25)26)28-21(29-20)30-22(33)27-15-17-7-9-18(10-8-17)31-11-4-5-12-31/h7-10,14,16H,2-6,11-13,15H2,1H3,(H2,27,28,29,30,33)/t16-/m1/s1. The zero-order valence-corrected chi connectivity index (χ0v) is 19.5. The molecule has 2 fully saturated rings. The van der Waals surface area contributed by atoms with Crippen LogP contribution in [0.3, 0.4) is 0 Å². The summed E-state index contributed by atoms with van der Waals surface area (Å²) in [6.07, 6.45) is 0.782. The molecule has 4 rings (SSSR count). The number of benzene rings is 1. The molecule has 6 nitrogen and oxygen atoms in total. The predicted molar refractivity (Wildman–Crippen MR) is 129 cm³/mol. The average molecular weight is 479 g/mol. The minimum atomic E-state index is -4.57. The third kappa shape index (κ3) is 6.04. The first-order valence-electron chi connectivity index (χ1n) is 11.4. The summed E-state index contributed by atoms with van der Waals surface area (Å²) < 4.78 is 40.4. The van der Waals surface area contributed by atoms with Crippen molar-refractivity contribution in [3.63, 3.8) is 0 Å².